The maximum absolute atomic E-state index is 11.0. The zero-order chi connectivity index (χ0) is 15.1. The van der Waals surface area contributed by atoms with Crippen LogP contribution < -0.4 is 0 Å². The molecule has 0 spiro atoms. The van der Waals surface area contributed by atoms with Gasteiger partial charge in [0.1, 0.15) is 0 Å². The van der Waals surface area contributed by atoms with Crippen molar-refractivity contribution in [1.29, 1.82) is 0 Å². The maximum Gasteiger partial charge on any atom is 0.332 e. The van der Waals surface area contributed by atoms with Gasteiger partial charge in [-0.05, 0) is 45.0 Å². The van der Waals surface area contributed by atoms with E-state index in [-0.39, 0.29) is 6.04 Å². The first-order valence-corrected chi connectivity index (χ1v) is 7.13. The van der Waals surface area contributed by atoms with E-state index in [1.165, 1.54) is 0 Å². The summed E-state index contributed by atoms with van der Waals surface area (Å²) in [5.74, 6) is -0.903. The number of carboxylic acids is 1. The lowest BCUT2D eigenvalue weighted by molar-refractivity contribution is -0.150. The Morgan fingerprint density at radius 2 is 2.00 bits per heavy atom. The molecule has 0 aromatic heterocycles. The quantitative estimate of drug-likeness (QED) is 0.801. The average Bonchev–Trinajstić information content (AvgIpc) is 2.42. The van der Waals surface area contributed by atoms with Crippen LogP contribution in [0.3, 0.4) is 0 Å². The molecule has 2 atom stereocenters. The first-order chi connectivity index (χ1) is 9.45. The summed E-state index contributed by atoms with van der Waals surface area (Å²) in [5.41, 5.74) is 1.15. The van der Waals surface area contributed by atoms with Crippen LogP contribution in [-0.2, 0) is 9.53 Å². The monoisotopic (exact) mass is 299 g/mol. The third kappa shape index (κ3) is 5.12. The van der Waals surface area contributed by atoms with Crippen molar-refractivity contribution in [3.05, 3.63) is 34.9 Å². The van der Waals surface area contributed by atoms with Crippen molar-refractivity contribution in [2.24, 2.45) is 0 Å². The largest absolute Gasteiger partial charge is 0.479 e. The van der Waals surface area contributed by atoms with Gasteiger partial charge in [0.05, 0.1) is 0 Å². The predicted octanol–water partition coefficient (Wildman–Crippen LogP) is 3.21. The Bertz CT molecular complexity index is 422. The highest BCUT2D eigenvalue weighted by molar-refractivity contribution is 6.30. The van der Waals surface area contributed by atoms with Crippen molar-refractivity contribution in [1.82, 2.24) is 4.90 Å². The molecule has 1 rings (SSSR count). The number of benzene rings is 1. The highest BCUT2D eigenvalue weighted by atomic mass is 35.5. The SMILES string of the molecule is CCOC(CCN(C)C(C)c1ccc(Cl)cc1)C(=O)O. The van der Waals surface area contributed by atoms with Gasteiger partial charge >= 0.3 is 5.97 Å². The van der Waals surface area contributed by atoms with Crippen LogP contribution in [0.25, 0.3) is 0 Å². The van der Waals surface area contributed by atoms with Crippen molar-refractivity contribution in [3.63, 3.8) is 0 Å². The van der Waals surface area contributed by atoms with Gasteiger partial charge in [-0.2, -0.15) is 0 Å². The van der Waals surface area contributed by atoms with Gasteiger partial charge in [-0.3, -0.25) is 4.90 Å². The van der Waals surface area contributed by atoms with E-state index in [0.717, 1.165) is 5.56 Å². The van der Waals surface area contributed by atoms with Crippen molar-refractivity contribution in [2.75, 3.05) is 20.2 Å². The summed E-state index contributed by atoms with van der Waals surface area (Å²) in [6, 6.07) is 7.90. The van der Waals surface area contributed by atoms with Crippen LogP contribution in [-0.4, -0.2) is 42.3 Å². The molecule has 0 fully saturated rings. The fourth-order valence-corrected chi connectivity index (χ4v) is 2.12. The minimum absolute atomic E-state index is 0.198. The lowest BCUT2D eigenvalue weighted by Gasteiger charge is -2.26. The fourth-order valence-electron chi connectivity index (χ4n) is 1.99. The van der Waals surface area contributed by atoms with Crippen molar-refractivity contribution in [3.8, 4) is 0 Å². The van der Waals surface area contributed by atoms with E-state index in [9.17, 15) is 4.79 Å². The molecule has 0 bridgehead atoms. The second-order valence-corrected chi connectivity index (χ2v) is 5.22. The van der Waals surface area contributed by atoms with Crippen molar-refractivity contribution in [2.45, 2.75) is 32.4 Å². The minimum Gasteiger partial charge on any atom is -0.479 e. The van der Waals surface area contributed by atoms with Crippen LogP contribution in [0.4, 0.5) is 0 Å². The van der Waals surface area contributed by atoms with Gasteiger partial charge < -0.3 is 9.84 Å². The molecule has 0 heterocycles. The topological polar surface area (TPSA) is 49.8 Å². The second-order valence-electron chi connectivity index (χ2n) is 4.78. The number of rotatable bonds is 8. The van der Waals surface area contributed by atoms with E-state index in [0.29, 0.717) is 24.6 Å². The summed E-state index contributed by atoms with van der Waals surface area (Å²) in [6.07, 6.45) is -0.266. The third-order valence-electron chi connectivity index (χ3n) is 3.40. The summed E-state index contributed by atoms with van der Waals surface area (Å²) in [5, 5.41) is 9.76. The van der Waals surface area contributed by atoms with Gasteiger partial charge in [-0.15, -0.1) is 0 Å². The van der Waals surface area contributed by atoms with Crippen LogP contribution in [0.2, 0.25) is 5.02 Å². The van der Waals surface area contributed by atoms with Crippen LogP contribution in [0.1, 0.15) is 31.9 Å². The molecular weight excluding hydrogens is 278 g/mol. The molecule has 0 saturated carbocycles. The zero-order valence-corrected chi connectivity index (χ0v) is 12.9. The molecule has 0 aliphatic rings. The van der Waals surface area contributed by atoms with E-state index >= 15 is 0 Å². The summed E-state index contributed by atoms with van der Waals surface area (Å²) in [7, 11) is 1.98. The number of halogens is 1. The molecule has 5 heteroatoms. The van der Waals surface area contributed by atoms with Crippen molar-refractivity contribution < 1.29 is 14.6 Å². The van der Waals surface area contributed by atoms with Gasteiger partial charge in [0.25, 0.3) is 0 Å². The first kappa shape index (κ1) is 17.0. The Labute approximate surface area is 125 Å². The van der Waals surface area contributed by atoms with Crippen LogP contribution in [0.15, 0.2) is 24.3 Å². The number of hydrogen-bond donors (Lipinski definition) is 1. The molecule has 0 amide bonds. The zero-order valence-electron chi connectivity index (χ0n) is 12.2. The van der Waals surface area contributed by atoms with E-state index in [2.05, 4.69) is 11.8 Å². The van der Waals surface area contributed by atoms with Gasteiger partial charge in [-0.25, -0.2) is 4.79 Å². The molecule has 1 aromatic carbocycles. The van der Waals surface area contributed by atoms with Crippen LogP contribution >= 0.6 is 11.6 Å². The predicted molar refractivity (Wildman–Crippen MR) is 80.2 cm³/mol. The average molecular weight is 300 g/mol. The third-order valence-corrected chi connectivity index (χ3v) is 3.65. The highest BCUT2D eigenvalue weighted by Crippen LogP contribution is 2.21. The standard InChI is InChI=1S/C15H22ClNO3/c1-4-20-14(15(18)19)9-10-17(3)11(2)12-5-7-13(16)8-6-12/h5-8,11,14H,4,9-10H2,1-3H3,(H,18,19). The molecule has 112 valence electrons. The lowest BCUT2D eigenvalue weighted by Crippen LogP contribution is -2.31. The second kappa shape index (κ2) is 8.25. The van der Waals surface area contributed by atoms with Gasteiger partial charge in [-0.1, -0.05) is 23.7 Å². The number of carbonyl (C=O) groups is 1. The Kier molecular flexibility index (Phi) is 6.99. The number of ether oxygens (including phenoxy) is 1. The van der Waals surface area contributed by atoms with E-state index < -0.39 is 12.1 Å². The lowest BCUT2D eigenvalue weighted by atomic mass is 10.1. The summed E-state index contributed by atoms with van der Waals surface area (Å²) < 4.78 is 5.21. The molecule has 1 N–H and O–H groups in total. The molecule has 0 aliphatic carbocycles. The molecular formula is C15H22ClNO3. The van der Waals surface area contributed by atoms with Gasteiger partial charge in [0.15, 0.2) is 6.10 Å². The molecule has 1 aromatic rings. The van der Waals surface area contributed by atoms with Gasteiger partial charge in [0.2, 0.25) is 0 Å². The number of aliphatic carboxylic acids is 1. The first-order valence-electron chi connectivity index (χ1n) is 6.75. The maximum atomic E-state index is 11.0. The minimum atomic E-state index is -0.903. The van der Waals surface area contributed by atoms with Crippen LogP contribution in [0.5, 0.6) is 0 Å². The Hall–Kier alpha value is -1.10. The Morgan fingerprint density at radius 1 is 1.40 bits per heavy atom. The molecule has 0 saturated heterocycles. The fraction of sp³-hybridized carbons (Fsp3) is 0.533. The van der Waals surface area contributed by atoms with Gasteiger partial charge in [0, 0.05) is 24.2 Å². The summed E-state index contributed by atoms with van der Waals surface area (Å²) >= 11 is 5.87. The highest BCUT2D eigenvalue weighted by Gasteiger charge is 2.19. The summed E-state index contributed by atoms with van der Waals surface area (Å²) in [4.78, 5) is 13.1. The van der Waals surface area contributed by atoms with Crippen LogP contribution in [0, 0.1) is 0 Å². The normalized spacial score (nSPS) is 14.2. The molecule has 20 heavy (non-hydrogen) atoms. The Balaban J connectivity index is 2.54. The smallest absolute Gasteiger partial charge is 0.332 e. The van der Waals surface area contributed by atoms with Crippen molar-refractivity contribution >= 4 is 17.6 Å². The van der Waals surface area contributed by atoms with E-state index in [1.807, 2.05) is 31.3 Å². The number of carboxylic acid groups (broad SMARTS) is 1. The van der Waals surface area contributed by atoms with E-state index in [1.54, 1.807) is 6.92 Å². The molecule has 4 nitrogen and oxygen atoms in total. The molecule has 0 aliphatic heterocycles. The number of hydrogen-bond acceptors (Lipinski definition) is 3. The number of nitrogens with zero attached hydrogens (tertiary/aromatic N) is 1. The molecule has 2 unspecified atom stereocenters. The molecule has 0 radical (unpaired) electrons. The Morgan fingerprint density at radius 3 is 2.50 bits per heavy atom. The summed E-state index contributed by atoms with van der Waals surface area (Å²) in [6.45, 7) is 4.95. The van der Waals surface area contributed by atoms with E-state index in [4.69, 9.17) is 21.4 Å².